The number of carbonyl (C=O) groups is 1. The summed E-state index contributed by atoms with van der Waals surface area (Å²) in [6.07, 6.45) is 1.86. The van der Waals surface area contributed by atoms with E-state index in [1.807, 2.05) is 44.2 Å². The van der Waals surface area contributed by atoms with Gasteiger partial charge in [0.15, 0.2) is 16.7 Å². The van der Waals surface area contributed by atoms with Gasteiger partial charge in [-0.05, 0) is 73.6 Å². The summed E-state index contributed by atoms with van der Waals surface area (Å²) >= 11 is 4.96. The third-order valence-corrected chi connectivity index (χ3v) is 7.15. The van der Waals surface area contributed by atoms with E-state index in [9.17, 15) is 4.79 Å². The molecule has 0 spiro atoms. The predicted molar refractivity (Wildman–Crippen MR) is 141 cm³/mol. The summed E-state index contributed by atoms with van der Waals surface area (Å²) in [7, 11) is 1.75. The van der Waals surface area contributed by atoms with Gasteiger partial charge in [0.05, 0.1) is 37.0 Å². The van der Waals surface area contributed by atoms with Crippen molar-refractivity contribution >= 4 is 56.2 Å². The zero-order valence-corrected chi connectivity index (χ0v) is 21.9. The molecule has 1 amide bonds. The van der Waals surface area contributed by atoms with Crippen molar-refractivity contribution in [2.45, 2.75) is 13.8 Å². The number of benzene rings is 2. The molecular formula is C25H28BrN3O4S. The Morgan fingerprint density at radius 1 is 1.09 bits per heavy atom. The van der Waals surface area contributed by atoms with Crippen LogP contribution in [0.4, 0.5) is 11.4 Å². The number of nitrogens with zero attached hydrogens (tertiary/aromatic N) is 3. The number of halogens is 1. The summed E-state index contributed by atoms with van der Waals surface area (Å²) in [5, 5.41) is 0.641. The number of carbonyl (C=O) groups excluding carboxylic acids is 1. The van der Waals surface area contributed by atoms with Crippen molar-refractivity contribution in [3.63, 3.8) is 0 Å². The van der Waals surface area contributed by atoms with E-state index in [-0.39, 0.29) is 5.91 Å². The van der Waals surface area contributed by atoms with Gasteiger partial charge in [-0.1, -0.05) is 15.9 Å². The van der Waals surface area contributed by atoms with E-state index in [2.05, 4.69) is 33.0 Å². The van der Waals surface area contributed by atoms with Crippen molar-refractivity contribution in [3.8, 4) is 11.5 Å². The molecule has 180 valence electrons. The highest BCUT2D eigenvalue weighted by atomic mass is 79.9. The van der Waals surface area contributed by atoms with E-state index in [1.165, 1.54) is 11.8 Å². The lowest BCUT2D eigenvalue weighted by molar-refractivity contribution is -0.121. The number of amides is 1. The molecule has 2 aliphatic rings. The fourth-order valence-electron chi connectivity index (χ4n) is 3.66. The first-order valence-corrected chi connectivity index (χ1v) is 12.9. The van der Waals surface area contributed by atoms with Crippen LogP contribution in [0.25, 0.3) is 6.08 Å². The van der Waals surface area contributed by atoms with Gasteiger partial charge in [0.1, 0.15) is 0 Å². The minimum Gasteiger partial charge on any atom is -0.490 e. The average Bonchev–Trinajstić information content (AvgIpc) is 3.11. The summed E-state index contributed by atoms with van der Waals surface area (Å²) in [5.41, 5.74) is 2.80. The van der Waals surface area contributed by atoms with Crippen molar-refractivity contribution in [3.05, 3.63) is 51.3 Å². The Labute approximate surface area is 212 Å². The number of anilines is 1. The maximum atomic E-state index is 12.9. The molecule has 0 bridgehead atoms. The van der Waals surface area contributed by atoms with Gasteiger partial charge in [-0.15, -0.1) is 0 Å². The van der Waals surface area contributed by atoms with Gasteiger partial charge in [0, 0.05) is 30.3 Å². The van der Waals surface area contributed by atoms with Gasteiger partial charge < -0.3 is 19.1 Å². The second-order valence-electron chi connectivity index (χ2n) is 7.67. The van der Waals surface area contributed by atoms with Gasteiger partial charge >= 0.3 is 0 Å². The maximum Gasteiger partial charge on any atom is 0.266 e. The molecular weight excluding hydrogens is 518 g/mol. The molecule has 34 heavy (non-hydrogen) atoms. The zero-order chi connectivity index (χ0) is 24.1. The van der Waals surface area contributed by atoms with E-state index in [0.717, 1.165) is 47.7 Å². The monoisotopic (exact) mass is 545 g/mol. The molecule has 0 radical (unpaired) electrons. The van der Waals surface area contributed by atoms with Crippen LogP contribution in [-0.4, -0.2) is 62.5 Å². The Balaban J connectivity index is 1.55. The Morgan fingerprint density at radius 3 is 2.38 bits per heavy atom. The molecule has 2 aromatic rings. The third-order valence-electron chi connectivity index (χ3n) is 5.40. The smallest absolute Gasteiger partial charge is 0.266 e. The summed E-state index contributed by atoms with van der Waals surface area (Å²) in [6, 6.07) is 11.9. The van der Waals surface area contributed by atoms with Crippen LogP contribution < -0.4 is 14.4 Å². The minimum absolute atomic E-state index is 0.0903. The van der Waals surface area contributed by atoms with Crippen molar-refractivity contribution in [1.29, 1.82) is 0 Å². The highest BCUT2D eigenvalue weighted by molar-refractivity contribution is 9.10. The van der Waals surface area contributed by atoms with Gasteiger partial charge in [0.25, 0.3) is 5.91 Å². The van der Waals surface area contributed by atoms with Crippen LogP contribution in [-0.2, 0) is 9.53 Å². The number of likely N-dealkylation sites (N-methyl/N-ethyl adjacent to an activating group) is 1. The van der Waals surface area contributed by atoms with Gasteiger partial charge in [-0.3, -0.25) is 9.69 Å². The van der Waals surface area contributed by atoms with E-state index >= 15 is 0 Å². The van der Waals surface area contributed by atoms with E-state index < -0.39 is 0 Å². The Kier molecular flexibility index (Phi) is 8.18. The van der Waals surface area contributed by atoms with Crippen LogP contribution >= 0.6 is 27.7 Å². The molecule has 2 saturated heterocycles. The first kappa shape index (κ1) is 24.6. The Hall–Kier alpha value is -2.49. The molecule has 2 fully saturated rings. The molecule has 2 heterocycles. The van der Waals surface area contributed by atoms with Crippen LogP contribution in [0, 0.1) is 0 Å². The summed E-state index contributed by atoms with van der Waals surface area (Å²) < 4.78 is 17.7. The standard InChI is InChI=1S/C25H28BrN3O4S/c1-4-32-21-14-17(20(26)16-22(21)33-5-2)15-23-24(30)28(3)25(34-23)27-18-6-8-19(9-7-18)29-10-12-31-13-11-29/h6-9,14-16H,4-5,10-13H2,1-3H3/b23-15-,27-25?. The molecule has 0 unspecified atom stereocenters. The number of aliphatic imine (C=N–C) groups is 1. The molecule has 2 aliphatic heterocycles. The number of amidine groups is 1. The van der Waals surface area contributed by atoms with Crippen molar-refractivity contribution in [2.24, 2.45) is 4.99 Å². The largest absolute Gasteiger partial charge is 0.490 e. The van der Waals surface area contributed by atoms with Crippen molar-refractivity contribution in [2.75, 3.05) is 51.5 Å². The van der Waals surface area contributed by atoms with Crippen molar-refractivity contribution in [1.82, 2.24) is 4.90 Å². The SMILES string of the molecule is CCOc1cc(Br)c(/C=C2\SC(=Nc3ccc(N4CCOCC4)cc3)N(C)C2=O)cc1OCC. The molecule has 0 saturated carbocycles. The lowest BCUT2D eigenvalue weighted by atomic mass is 10.2. The summed E-state index contributed by atoms with van der Waals surface area (Å²) in [5.74, 6) is 1.23. The van der Waals surface area contributed by atoms with Crippen LogP contribution in [0.1, 0.15) is 19.4 Å². The quantitative estimate of drug-likeness (QED) is 0.439. The highest BCUT2D eigenvalue weighted by Crippen LogP contribution is 2.38. The predicted octanol–water partition coefficient (Wildman–Crippen LogP) is 5.32. The topological polar surface area (TPSA) is 63.6 Å². The Bertz CT molecular complexity index is 1100. The normalized spacial score (nSPS) is 18.8. The fourth-order valence-corrected chi connectivity index (χ4v) is 5.08. The van der Waals surface area contributed by atoms with Gasteiger partial charge in [-0.25, -0.2) is 4.99 Å². The van der Waals surface area contributed by atoms with Gasteiger partial charge in [0.2, 0.25) is 0 Å². The number of rotatable bonds is 7. The molecule has 9 heteroatoms. The molecule has 0 atom stereocenters. The number of hydrogen-bond donors (Lipinski definition) is 0. The molecule has 7 nitrogen and oxygen atoms in total. The Morgan fingerprint density at radius 2 is 1.74 bits per heavy atom. The number of thioether (sulfide) groups is 1. The van der Waals surface area contributed by atoms with Crippen LogP contribution in [0.5, 0.6) is 11.5 Å². The second-order valence-corrected chi connectivity index (χ2v) is 9.53. The first-order chi connectivity index (χ1) is 16.5. The van der Waals surface area contributed by atoms with Crippen LogP contribution in [0.3, 0.4) is 0 Å². The van der Waals surface area contributed by atoms with E-state index in [1.54, 1.807) is 11.9 Å². The molecule has 0 aromatic heterocycles. The number of morpholine rings is 1. The van der Waals surface area contributed by atoms with Gasteiger partial charge in [-0.2, -0.15) is 0 Å². The maximum absolute atomic E-state index is 12.9. The fraction of sp³-hybridized carbons (Fsp3) is 0.360. The third kappa shape index (κ3) is 5.59. The number of hydrogen-bond acceptors (Lipinski definition) is 7. The highest BCUT2D eigenvalue weighted by Gasteiger charge is 2.30. The summed E-state index contributed by atoms with van der Waals surface area (Å²) in [4.78, 5) is 22.1. The number of ether oxygens (including phenoxy) is 3. The van der Waals surface area contributed by atoms with Crippen LogP contribution in [0.15, 0.2) is 50.8 Å². The minimum atomic E-state index is -0.0903. The molecule has 4 rings (SSSR count). The van der Waals surface area contributed by atoms with E-state index in [4.69, 9.17) is 19.2 Å². The summed E-state index contributed by atoms with van der Waals surface area (Å²) in [6.45, 7) is 8.20. The molecule has 0 N–H and O–H groups in total. The second kappa shape index (κ2) is 11.3. The lowest BCUT2D eigenvalue weighted by Crippen LogP contribution is -2.36. The first-order valence-electron chi connectivity index (χ1n) is 11.3. The van der Waals surface area contributed by atoms with Crippen molar-refractivity contribution < 1.29 is 19.0 Å². The molecule has 0 aliphatic carbocycles. The average molecular weight is 546 g/mol. The molecule has 2 aromatic carbocycles. The van der Waals surface area contributed by atoms with Crippen LogP contribution in [0.2, 0.25) is 0 Å². The van der Waals surface area contributed by atoms with E-state index in [0.29, 0.717) is 34.8 Å². The lowest BCUT2D eigenvalue weighted by Gasteiger charge is -2.28. The zero-order valence-electron chi connectivity index (χ0n) is 19.5.